The lowest BCUT2D eigenvalue weighted by Crippen LogP contribution is -2.36. The van der Waals surface area contributed by atoms with E-state index < -0.39 is 0 Å². The highest BCUT2D eigenvalue weighted by atomic mass is 16.2. The van der Waals surface area contributed by atoms with Crippen LogP contribution in [0.4, 0.5) is 0 Å². The van der Waals surface area contributed by atoms with Gasteiger partial charge in [-0.3, -0.25) is 9.36 Å². The van der Waals surface area contributed by atoms with Crippen molar-refractivity contribution in [1.82, 2.24) is 25.1 Å². The molecular formula is C14H17N5O. The summed E-state index contributed by atoms with van der Waals surface area (Å²) in [6, 6.07) is 3.75. The standard InChI is InChI=1S/C14H17N5O/c20-14(16-11-4-2-1-3-5-11)12-6-7-13(18-17-12)19-9-8-15-10-19/h6-11H,1-5H2,(H,16,20). The molecule has 104 valence electrons. The van der Waals surface area contributed by atoms with Crippen molar-refractivity contribution in [1.29, 1.82) is 0 Å². The van der Waals surface area contributed by atoms with Gasteiger partial charge in [-0.15, -0.1) is 10.2 Å². The fraction of sp³-hybridized carbons (Fsp3) is 0.429. The minimum atomic E-state index is -0.137. The molecule has 1 aliphatic carbocycles. The second-order valence-electron chi connectivity index (χ2n) is 5.06. The summed E-state index contributed by atoms with van der Waals surface area (Å²) >= 11 is 0. The summed E-state index contributed by atoms with van der Waals surface area (Å²) in [5, 5.41) is 11.1. The Morgan fingerprint density at radius 2 is 2.05 bits per heavy atom. The molecule has 0 aromatic carbocycles. The molecule has 0 spiro atoms. The Labute approximate surface area is 117 Å². The second kappa shape index (κ2) is 5.81. The van der Waals surface area contributed by atoms with E-state index in [0.717, 1.165) is 12.8 Å². The number of aromatic nitrogens is 4. The molecule has 2 heterocycles. The van der Waals surface area contributed by atoms with Gasteiger partial charge in [-0.2, -0.15) is 0 Å². The monoisotopic (exact) mass is 271 g/mol. The number of carbonyl (C=O) groups is 1. The number of amides is 1. The van der Waals surface area contributed by atoms with Crippen LogP contribution in [-0.2, 0) is 0 Å². The molecule has 0 atom stereocenters. The number of hydrogen-bond acceptors (Lipinski definition) is 4. The van der Waals surface area contributed by atoms with Crippen molar-refractivity contribution in [3.05, 3.63) is 36.5 Å². The zero-order valence-corrected chi connectivity index (χ0v) is 11.2. The molecule has 1 saturated carbocycles. The summed E-state index contributed by atoms with van der Waals surface area (Å²) < 4.78 is 1.75. The molecule has 1 amide bonds. The van der Waals surface area contributed by atoms with Gasteiger partial charge in [0.25, 0.3) is 5.91 Å². The largest absolute Gasteiger partial charge is 0.348 e. The van der Waals surface area contributed by atoms with Crippen molar-refractivity contribution < 1.29 is 4.79 Å². The highest BCUT2D eigenvalue weighted by molar-refractivity contribution is 5.92. The number of nitrogens with zero attached hydrogens (tertiary/aromatic N) is 4. The third-order valence-corrected chi connectivity index (χ3v) is 3.59. The average Bonchev–Trinajstić information content (AvgIpc) is 3.03. The summed E-state index contributed by atoms with van der Waals surface area (Å²) in [5.41, 5.74) is 0.361. The third kappa shape index (κ3) is 2.84. The van der Waals surface area contributed by atoms with Crippen LogP contribution >= 0.6 is 0 Å². The van der Waals surface area contributed by atoms with Crippen LogP contribution in [-0.4, -0.2) is 31.7 Å². The minimum Gasteiger partial charge on any atom is -0.348 e. The summed E-state index contributed by atoms with van der Waals surface area (Å²) in [5.74, 6) is 0.512. The molecule has 0 saturated heterocycles. The van der Waals surface area contributed by atoms with E-state index in [2.05, 4.69) is 20.5 Å². The summed E-state index contributed by atoms with van der Waals surface area (Å²) in [6.45, 7) is 0. The Bertz CT molecular complexity index is 558. The first-order valence-corrected chi connectivity index (χ1v) is 6.96. The predicted octanol–water partition coefficient (Wildman–Crippen LogP) is 1.72. The van der Waals surface area contributed by atoms with Crippen molar-refractivity contribution in [3.8, 4) is 5.82 Å². The van der Waals surface area contributed by atoms with Gasteiger partial charge in [0.05, 0.1) is 0 Å². The number of hydrogen-bond donors (Lipinski definition) is 1. The van der Waals surface area contributed by atoms with Crippen molar-refractivity contribution in [3.63, 3.8) is 0 Å². The first-order chi connectivity index (χ1) is 9.83. The van der Waals surface area contributed by atoms with Crippen LogP contribution < -0.4 is 5.32 Å². The summed E-state index contributed by atoms with van der Waals surface area (Å²) in [7, 11) is 0. The summed E-state index contributed by atoms with van der Waals surface area (Å²) in [6.07, 6.45) is 10.9. The Morgan fingerprint density at radius 3 is 2.70 bits per heavy atom. The minimum absolute atomic E-state index is 0.137. The lowest BCUT2D eigenvalue weighted by Gasteiger charge is -2.22. The van der Waals surface area contributed by atoms with Crippen molar-refractivity contribution in [2.45, 2.75) is 38.1 Å². The van der Waals surface area contributed by atoms with Gasteiger partial charge in [0, 0.05) is 18.4 Å². The smallest absolute Gasteiger partial charge is 0.272 e. The van der Waals surface area contributed by atoms with E-state index in [9.17, 15) is 4.79 Å². The Balaban J connectivity index is 1.66. The highest BCUT2D eigenvalue weighted by Crippen LogP contribution is 2.17. The van der Waals surface area contributed by atoms with Crippen LogP contribution in [0.2, 0.25) is 0 Å². The Hall–Kier alpha value is -2.24. The SMILES string of the molecule is O=C(NC1CCCCC1)c1ccc(-n2ccnc2)nn1. The van der Waals surface area contributed by atoms with E-state index in [1.54, 1.807) is 35.4 Å². The number of rotatable bonds is 3. The van der Waals surface area contributed by atoms with E-state index in [4.69, 9.17) is 0 Å². The number of imidazole rings is 1. The van der Waals surface area contributed by atoms with Gasteiger partial charge in [-0.1, -0.05) is 19.3 Å². The molecule has 1 fully saturated rings. The molecule has 0 bridgehead atoms. The molecular weight excluding hydrogens is 254 g/mol. The quantitative estimate of drug-likeness (QED) is 0.922. The van der Waals surface area contributed by atoms with E-state index in [1.165, 1.54) is 19.3 Å². The van der Waals surface area contributed by atoms with Crippen LogP contribution in [0.1, 0.15) is 42.6 Å². The highest BCUT2D eigenvalue weighted by Gasteiger charge is 2.17. The van der Waals surface area contributed by atoms with E-state index >= 15 is 0 Å². The molecule has 2 aromatic heterocycles. The molecule has 6 heteroatoms. The van der Waals surface area contributed by atoms with E-state index in [0.29, 0.717) is 11.5 Å². The first kappa shape index (κ1) is 12.8. The second-order valence-corrected chi connectivity index (χ2v) is 5.06. The molecule has 1 aliphatic rings. The molecule has 6 nitrogen and oxygen atoms in total. The van der Waals surface area contributed by atoms with Gasteiger partial charge in [0.2, 0.25) is 0 Å². The fourth-order valence-electron chi connectivity index (χ4n) is 2.48. The predicted molar refractivity (Wildman–Crippen MR) is 73.5 cm³/mol. The lowest BCUT2D eigenvalue weighted by molar-refractivity contribution is 0.0921. The number of nitrogens with one attached hydrogen (secondary N) is 1. The zero-order valence-electron chi connectivity index (χ0n) is 11.2. The maximum atomic E-state index is 12.1. The van der Waals surface area contributed by atoms with Crippen molar-refractivity contribution in [2.75, 3.05) is 0 Å². The average molecular weight is 271 g/mol. The number of carbonyl (C=O) groups excluding carboxylic acids is 1. The fourth-order valence-corrected chi connectivity index (χ4v) is 2.48. The normalized spacial score (nSPS) is 16.0. The van der Waals surface area contributed by atoms with Crippen molar-refractivity contribution in [2.24, 2.45) is 0 Å². The van der Waals surface area contributed by atoms with Crippen LogP contribution in [0.3, 0.4) is 0 Å². The van der Waals surface area contributed by atoms with Crippen molar-refractivity contribution >= 4 is 5.91 Å². The summed E-state index contributed by atoms with van der Waals surface area (Å²) in [4.78, 5) is 16.0. The Kier molecular flexibility index (Phi) is 3.71. The van der Waals surface area contributed by atoms with Gasteiger partial charge >= 0.3 is 0 Å². The lowest BCUT2D eigenvalue weighted by atomic mass is 9.95. The molecule has 2 aromatic rings. The van der Waals surface area contributed by atoms with Crippen LogP contribution in [0.25, 0.3) is 5.82 Å². The van der Waals surface area contributed by atoms with E-state index in [-0.39, 0.29) is 11.9 Å². The Morgan fingerprint density at radius 1 is 1.20 bits per heavy atom. The van der Waals surface area contributed by atoms with Gasteiger partial charge in [-0.25, -0.2) is 4.98 Å². The van der Waals surface area contributed by atoms with Crippen LogP contribution in [0, 0.1) is 0 Å². The van der Waals surface area contributed by atoms with E-state index in [1.807, 2.05) is 0 Å². The maximum Gasteiger partial charge on any atom is 0.272 e. The molecule has 1 N–H and O–H groups in total. The van der Waals surface area contributed by atoms with Crippen LogP contribution in [0.15, 0.2) is 30.9 Å². The molecule has 0 aliphatic heterocycles. The zero-order chi connectivity index (χ0) is 13.8. The van der Waals surface area contributed by atoms with Crippen LogP contribution in [0.5, 0.6) is 0 Å². The van der Waals surface area contributed by atoms with Gasteiger partial charge in [0.1, 0.15) is 6.33 Å². The topological polar surface area (TPSA) is 72.7 Å². The maximum absolute atomic E-state index is 12.1. The van der Waals surface area contributed by atoms with Gasteiger partial charge in [-0.05, 0) is 25.0 Å². The van der Waals surface area contributed by atoms with Gasteiger partial charge < -0.3 is 5.32 Å². The molecule has 0 unspecified atom stereocenters. The third-order valence-electron chi connectivity index (χ3n) is 3.59. The van der Waals surface area contributed by atoms with Gasteiger partial charge in [0.15, 0.2) is 11.5 Å². The molecule has 20 heavy (non-hydrogen) atoms. The molecule has 0 radical (unpaired) electrons. The molecule has 3 rings (SSSR count). The first-order valence-electron chi connectivity index (χ1n) is 6.96.